The van der Waals surface area contributed by atoms with Crippen LogP contribution < -0.4 is 10.1 Å². The van der Waals surface area contributed by atoms with E-state index in [4.69, 9.17) is 4.74 Å². The Morgan fingerprint density at radius 2 is 1.67 bits per heavy atom. The second kappa shape index (κ2) is 8.10. The number of carbonyl (C=O) groups is 2. The number of likely N-dealkylation sites (N-methyl/N-ethyl adjacent to an activating group) is 1. The predicted octanol–water partition coefficient (Wildman–Crippen LogP) is 2.08. The fraction of sp³-hybridized carbons (Fsp3) is 0.364. The van der Waals surface area contributed by atoms with Crippen LogP contribution in [-0.2, 0) is 19.4 Å². The van der Waals surface area contributed by atoms with Crippen LogP contribution in [0.2, 0.25) is 0 Å². The number of para-hydroxylation sites is 2. The maximum Gasteiger partial charge on any atom is 0.239 e. The van der Waals surface area contributed by atoms with Gasteiger partial charge in [-0.15, -0.1) is 0 Å². The van der Waals surface area contributed by atoms with Gasteiger partial charge in [0, 0.05) is 23.7 Å². The van der Waals surface area contributed by atoms with E-state index >= 15 is 0 Å². The highest BCUT2D eigenvalue weighted by molar-refractivity contribution is 7.91. The molecule has 0 aromatic heterocycles. The van der Waals surface area contributed by atoms with Crippen LogP contribution in [0, 0.1) is 0 Å². The van der Waals surface area contributed by atoms with Crippen molar-refractivity contribution in [1.82, 2.24) is 10.2 Å². The van der Waals surface area contributed by atoms with Gasteiger partial charge in [-0.1, -0.05) is 36.4 Å². The summed E-state index contributed by atoms with van der Waals surface area (Å²) < 4.78 is 29.2. The molecule has 0 bridgehead atoms. The molecule has 2 heterocycles. The average molecular weight is 429 g/mol. The summed E-state index contributed by atoms with van der Waals surface area (Å²) >= 11 is 0. The van der Waals surface area contributed by atoms with Crippen molar-refractivity contribution in [2.24, 2.45) is 0 Å². The summed E-state index contributed by atoms with van der Waals surface area (Å²) in [6, 6.07) is 14.4. The third kappa shape index (κ3) is 4.05. The minimum absolute atomic E-state index is 0.0421. The van der Waals surface area contributed by atoms with E-state index < -0.39 is 15.8 Å². The molecule has 2 aromatic carbocycles. The molecule has 158 valence electrons. The van der Waals surface area contributed by atoms with E-state index in [1.54, 1.807) is 0 Å². The molecule has 1 N–H and O–H groups in total. The summed E-state index contributed by atoms with van der Waals surface area (Å²) in [5.41, 5.74) is 1.53. The maximum absolute atomic E-state index is 13.5. The van der Waals surface area contributed by atoms with Gasteiger partial charge in [0.25, 0.3) is 0 Å². The molecule has 0 spiro atoms. The lowest BCUT2D eigenvalue weighted by Gasteiger charge is -2.31. The molecular formula is C22H24N2O5S. The molecule has 0 saturated carbocycles. The SMILES string of the molecule is CCN(CC(=O)NC1CCS(=O)(=O)C1)C(=O)C1c2ccccc2Oc2ccccc21. The lowest BCUT2D eigenvalue weighted by Crippen LogP contribution is -2.46. The number of sulfone groups is 1. The van der Waals surface area contributed by atoms with Gasteiger partial charge in [0.2, 0.25) is 11.8 Å². The zero-order valence-corrected chi connectivity index (χ0v) is 17.5. The molecule has 8 heteroatoms. The quantitative estimate of drug-likeness (QED) is 0.787. The van der Waals surface area contributed by atoms with E-state index in [-0.39, 0.29) is 35.9 Å². The number of hydrogen-bond acceptors (Lipinski definition) is 5. The number of ether oxygens (including phenoxy) is 1. The highest BCUT2D eigenvalue weighted by atomic mass is 32.2. The standard InChI is InChI=1S/C22H24N2O5S/c1-2-24(13-20(25)23-15-11-12-30(27,28)14-15)22(26)21-16-7-3-5-9-18(16)29-19-10-6-4-8-17(19)21/h3-10,15,21H,2,11-14H2,1H3,(H,23,25). The Morgan fingerprint density at radius 3 is 2.20 bits per heavy atom. The zero-order chi connectivity index (χ0) is 21.3. The van der Waals surface area contributed by atoms with Crippen LogP contribution in [0.4, 0.5) is 0 Å². The van der Waals surface area contributed by atoms with Crippen molar-refractivity contribution in [2.75, 3.05) is 24.6 Å². The van der Waals surface area contributed by atoms with Crippen molar-refractivity contribution in [3.05, 3.63) is 59.7 Å². The van der Waals surface area contributed by atoms with Gasteiger partial charge in [0.05, 0.1) is 24.0 Å². The first-order chi connectivity index (χ1) is 14.4. The fourth-order valence-electron chi connectivity index (χ4n) is 4.06. The van der Waals surface area contributed by atoms with Gasteiger partial charge < -0.3 is 15.0 Å². The fourth-order valence-corrected chi connectivity index (χ4v) is 5.73. The summed E-state index contributed by atoms with van der Waals surface area (Å²) in [7, 11) is -3.08. The van der Waals surface area contributed by atoms with Gasteiger partial charge in [-0.3, -0.25) is 9.59 Å². The highest BCUT2D eigenvalue weighted by Gasteiger charge is 2.36. The molecule has 1 atom stereocenters. The van der Waals surface area contributed by atoms with Gasteiger partial charge in [0.1, 0.15) is 11.5 Å². The number of fused-ring (bicyclic) bond motifs is 2. The number of carbonyl (C=O) groups excluding carboxylic acids is 2. The third-order valence-corrected chi connectivity index (χ3v) is 7.32. The van der Waals surface area contributed by atoms with E-state index in [0.29, 0.717) is 24.5 Å². The van der Waals surface area contributed by atoms with Crippen LogP contribution in [-0.4, -0.2) is 55.8 Å². The first-order valence-corrected chi connectivity index (χ1v) is 11.8. The van der Waals surface area contributed by atoms with Gasteiger partial charge in [-0.05, 0) is 25.5 Å². The molecule has 1 unspecified atom stereocenters. The first kappa shape index (κ1) is 20.4. The number of amides is 2. The van der Waals surface area contributed by atoms with Crippen molar-refractivity contribution < 1.29 is 22.7 Å². The first-order valence-electron chi connectivity index (χ1n) is 10.0. The molecule has 0 radical (unpaired) electrons. The Hall–Kier alpha value is -2.87. The van der Waals surface area contributed by atoms with Crippen LogP contribution in [0.25, 0.3) is 0 Å². The largest absolute Gasteiger partial charge is 0.457 e. The minimum Gasteiger partial charge on any atom is -0.457 e. The maximum atomic E-state index is 13.5. The second-order valence-corrected chi connectivity index (χ2v) is 9.86. The molecule has 2 aliphatic heterocycles. The van der Waals surface area contributed by atoms with Crippen LogP contribution >= 0.6 is 0 Å². The zero-order valence-electron chi connectivity index (χ0n) is 16.7. The van der Waals surface area contributed by atoms with Crippen molar-refractivity contribution in [3.63, 3.8) is 0 Å². The normalized spacial score (nSPS) is 19.3. The number of benzene rings is 2. The van der Waals surface area contributed by atoms with Crippen LogP contribution in [0.15, 0.2) is 48.5 Å². The highest BCUT2D eigenvalue weighted by Crippen LogP contribution is 2.44. The monoisotopic (exact) mass is 428 g/mol. The topological polar surface area (TPSA) is 92.8 Å². The third-order valence-electron chi connectivity index (χ3n) is 5.55. The Kier molecular flexibility index (Phi) is 5.51. The average Bonchev–Trinajstić information content (AvgIpc) is 3.07. The van der Waals surface area contributed by atoms with Gasteiger partial charge in [-0.2, -0.15) is 0 Å². The Balaban J connectivity index is 1.55. The second-order valence-electron chi connectivity index (χ2n) is 7.63. The van der Waals surface area contributed by atoms with Crippen molar-refractivity contribution in [1.29, 1.82) is 0 Å². The number of nitrogens with zero attached hydrogens (tertiary/aromatic N) is 1. The van der Waals surface area contributed by atoms with Crippen LogP contribution in [0.5, 0.6) is 11.5 Å². The van der Waals surface area contributed by atoms with Crippen LogP contribution in [0.1, 0.15) is 30.4 Å². The van der Waals surface area contributed by atoms with Crippen molar-refractivity contribution in [2.45, 2.75) is 25.3 Å². The summed E-state index contributed by atoms with van der Waals surface area (Å²) in [5.74, 6) is 0.211. The Morgan fingerprint density at radius 1 is 1.07 bits per heavy atom. The molecule has 1 saturated heterocycles. The van der Waals surface area contributed by atoms with Gasteiger partial charge in [0.15, 0.2) is 9.84 Å². The molecule has 2 aromatic rings. The summed E-state index contributed by atoms with van der Waals surface area (Å²) in [4.78, 5) is 27.6. The summed E-state index contributed by atoms with van der Waals surface area (Å²) in [6.07, 6.45) is 0.412. The smallest absolute Gasteiger partial charge is 0.239 e. The summed E-state index contributed by atoms with van der Waals surface area (Å²) in [6.45, 7) is 2.06. The molecule has 30 heavy (non-hydrogen) atoms. The number of nitrogens with one attached hydrogen (secondary N) is 1. The minimum atomic E-state index is -3.08. The molecule has 0 aliphatic carbocycles. The molecule has 1 fully saturated rings. The molecular weight excluding hydrogens is 404 g/mol. The number of hydrogen-bond donors (Lipinski definition) is 1. The van der Waals surface area contributed by atoms with E-state index in [9.17, 15) is 18.0 Å². The van der Waals surface area contributed by atoms with Gasteiger partial charge in [-0.25, -0.2) is 8.42 Å². The van der Waals surface area contributed by atoms with Gasteiger partial charge >= 0.3 is 0 Å². The predicted molar refractivity (Wildman–Crippen MR) is 112 cm³/mol. The van der Waals surface area contributed by atoms with E-state index in [0.717, 1.165) is 11.1 Å². The molecule has 2 amide bonds. The van der Waals surface area contributed by atoms with E-state index in [1.807, 2.05) is 55.5 Å². The number of rotatable bonds is 5. The van der Waals surface area contributed by atoms with Crippen molar-refractivity contribution in [3.8, 4) is 11.5 Å². The molecule has 2 aliphatic rings. The summed E-state index contributed by atoms with van der Waals surface area (Å²) in [5, 5.41) is 2.76. The lowest BCUT2D eigenvalue weighted by molar-refractivity contribution is -0.136. The van der Waals surface area contributed by atoms with E-state index in [2.05, 4.69) is 5.32 Å². The Bertz CT molecular complexity index is 1040. The molecule has 7 nitrogen and oxygen atoms in total. The van der Waals surface area contributed by atoms with Crippen LogP contribution in [0.3, 0.4) is 0 Å². The Labute approximate surface area is 175 Å². The lowest BCUT2D eigenvalue weighted by atomic mass is 9.87. The van der Waals surface area contributed by atoms with E-state index in [1.165, 1.54) is 4.90 Å². The molecule has 4 rings (SSSR count). The van der Waals surface area contributed by atoms with Crippen molar-refractivity contribution >= 4 is 21.7 Å².